The molecule has 0 saturated carbocycles. The third-order valence-electron chi connectivity index (χ3n) is 2.87. The van der Waals surface area contributed by atoms with Gasteiger partial charge in [-0.15, -0.1) is 0 Å². The monoisotopic (exact) mass is 220 g/mol. The van der Waals surface area contributed by atoms with E-state index >= 15 is 0 Å². The third kappa shape index (κ3) is 0.888. The second-order valence-corrected chi connectivity index (χ2v) is 8.68. The third-order valence-corrected chi connectivity index (χ3v) is 7.64. The van der Waals surface area contributed by atoms with Crippen LogP contribution in [0.2, 0.25) is 9.63 Å². The fourth-order valence-electron chi connectivity index (χ4n) is 2.55. The summed E-state index contributed by atoms with van der Waals surface area (Å²) in [5.41, 5.74) is 0. The Bertz CT molecular complexity index is 101. The molecular weight excluding hydrogens is 207 g/mol. The standard InChI is InChI=1S/C8H12SSe/c1-5-2-8-4-6(9-5)3-7(1)10-8/h5-8H,1-4H2. The van der Waals surface area contributed by atoms with Crippen LogP contribution in [0.5, 0.6) is 0 Å². The molecule has 0 aliphatic carbocycles. The molecule has 56 valence electrons. The minimum atomic E-state index is 1.06. The molecule has 4 aliphatic rings. The Morgan fingerprint density at radius 1 is 0.900 bits per heavy atom. The van der Waals surface area contributed by atoms with Gasteiger partial charge in [0.05, 0.1) is 0 Å². The van der Waals surface area contributed by atoms with Crippen molar-refractivity contribution in [3.63, 3.8) is 0 Å². The van der Waals surface area contributed by atoms with Gasteiger partial charge in [-0.25, -0.2) is 0 Å². The van der Waals surface area contributed by atoms with E-state index in [0.717, 1.165) is 25.5 Å². The zero-order valence-corrected chi connectivity index (χ0v) is 8.48. The van der Waals surface area contributed by atoms with Crippen molar-refractivity contribution in [2.45, 2.75) is 45.8 Å². The van der Waals surface area contributed by atoms with Gasteiger partial charge in [0.1, 0.15) is 0 Å². The van der Waals surface area contributed by atoms with Gasteiger partial charge >= 0.3 is 72.5 Å². The quantitative estimate of drug-likeness (QED) is 0.563. The van der Waals surface area contributed by atoms with Crippen molar-refractivity contribution < 1.29 is 0 Å². The van der Waals surface area contributed by atoms with E-state index in [1.807, 2.05) is 0 Å². The van der Waals surface area contributed by atoms with E-state index < -0.39 is 0 Å². The van der Waals surface area contributed by atoms with E-state index in [1.165, 1.54) is 9.63 Å². The molecular formula is C8H12SSe. The predicted octanol–water partition coefficient (Wildman–Crippen LogP) is 2.34. The molecule has 0 radical (unpaired) electrons. The summed E-state index contributed by atoms with van der Waals surface area (Å²) in [6.45, 7) is 0. The topological polar surface area (TPSA) is 0 Å². The maximum atomic E-state index is 2.32. The molecule has 0 aromatic carbocycles. The van der Waals surface area contributed by atoms with Gasteiger partial charge in [-0.2, -0.15) is 0 Å². The van der Waals surface area contributed by atoms with Crippen LogP contribution in [0.15, 0.2) is 0 Å². The minimum absolute atomic E-state index is 1.06. The van der Waals surface area contributed by atoms with Crippen LogP contribution in [0.1, 0.15) is 25.7 Å². The summed E-state index contributed by atoms with van der Waals surface area (Å²) in [7, 11) is 0. The van der Waals surface area contributed by atoms with Gasteiger partial charge < -0.3 is 0 Å². The summed E-state index contributed by atoms with van der Waals surface area (Å²) in [4.78, 5) is 2.44. The molecule has 0 unspecified atom stereocenters. The number of rotatable bonds is 0. The second kappa shape index (κ2) is 2.18. The first-order valence-corrected chi connectivity index (χ1v) is 7.13. The SMILES string of the molecule is C1C2CC3CC(CC1[Se]3)S2. The van der Waals surface area contributed by atoms with E-state index in [9.17, 15) is 0 Å². The van der Waals surface area contributed by atoms with Crippen molar-refractivity contribution in [3.8, 4) is 0 Å². The Morgan fingerprint density at radius 2 is 1.40 bits per heavy atom. The Kier molecular flexibility index (Phi) is 1.39. The summed E-state index contributed by atoms with van der Waals surface area (Å²) >= 11 is 3.38. The molecule has 0 atom stereocenters. The van der Waals surface area contributed by atoms with Crippen LogP contribution in [0, 0.1) is 0 Å². The number of thioether (sulfide) groups is 1. The van der Waals surface area contributed by atoms with Crippen LogP contribution in [0.3, 0.4) is 0 Å². The molecule has 4 aliphatic heterocycles. The molecule has 2 heteroatoms. The van der Waals surface area contributed by atoms with Crippen LogP contribution in [-0.4, -0.2) is 25.5 Å². The van der Waals surface area contributed by atoms with Crippen molar-refractivity contribution in [2.75, 3.05) is 0 Å². The molecule has 0 aromatic heterocycles. The molecule has 4 saturated heterocycles. The molecule has 4 rings (SSSR count). The Labute approximate surface area is 72.7 Å². The molecule has 0 nitrogen and oxygen atoms in total. The van der Waals surface area contributed by atoms with E-state index in [-0.39, 0.29) is 0 Å². The molecule has 0 aromatic rings. The maximum absolute atomic E-state index is 2.32. The van der Waals surface area contributed by atoms with E-state index in [1.54, 1.807) is 25.7 Å². The first-order chi connectivity index (χ1) is 4.90. The average Bonchev–Trinajstić information content (AvgIpc) is 1.82. The van der Waals surface area contributed by atoms with E-state index in [4.69, 9.17) is 0 Å². The Balaban J connectivity index is 1.90. The molecule has 4 fully saturated rings. The fourth-order valence-corrected chi connectivity index (χ4v) is 9.59. The van der Waals surface area contributed by atoms with E-state index in [2.05, 4.69) is 11.8 Å². The van der Waals surface area contributed by atoms with Gasteiger partial charge in [0.2, 0.25) is 0 Å². The molecule has 0 spiro atoms. The number of hydrogen-bond donors (Lipinski definition) is 0. The van der Waals surface area contributed by atoms with Gasteiger partial charge in [-0.05, 0) is 0 Å². The van der Waals surface area contributed by atoms with Crippen LogP contribution >= 0.6 is 11.8 Å². The van der Waals surface area contributed by atoms with Crippen LogP contribution in [0.25, 0.3) is 0 Å². The fraction of sp³-hybridized carbons (Fsp3) is 1.00. The normalized spacial score (nSPS) is 57.6. The summed E-state index contributed by atoms with van der Waals surface area (Å²) in [5, 5.41) is 2.22. The van der Waals surface area contributed by atoms with Crippen molar-refractivity contribution in [2.24, 2.45) is 0 Å². The first-order valence-electron chi connectivity index (χ1n) is 4.21. The average molecular weight is 219 g/mol. The molecule has 4 bridgehead atoms. The van der Waals surface area contributed by atoms with Crippen LogP contribution in [-0.2, 0) is 0 Å². The summed E-state index contributed by atoms with van der Waals surface area (Å²) in [6.07, 6.45) is 6.38. The second-order valence-electron chi connectivity index (χ2n) is 3.70. The summed E-state index contributed by atoms with van der Waals surface area (Å²) in [6, 6.07) is 0. The van der Waals surface area contributed by atoms with Crippen molar-refractivity contribution >= 4 is 26.7 Å². The Hall–Kier alpha value is 0.869. The predicted molar refractivity (Wildman–Crippen MR) is 46.9 cm³/mol. The molecule has 4 heterocycles. The van der Waals surface area contributed by atoms with Gasteiger partial charge in [-0.3, -0.25) is 0 Å². The zero-order chi connectivity index (χ0) is 6.55. The molecule has 0 amide bonds. The molecule has 10 heavy (non-hydrogen) atoms. The summed E-state index contributed by atoms with van der Waals surface area (Å²) in [5.74, 6) is 0. The van der Waals surface area contributed by atoms with Crippen molar-refractivity contribution in [1.82, 2.24) is 0 Å². The van der Waals surface area contributed by atoms with E-state index in [0.29, 0.717) is 0 Å². The molecule has 0 N–H and O–H groups in total. The first kappa shape index (κ1) is 6.39. The van der Waals surface area contributed by atoms with Gasteiger partial charge in [0.25, 0.3) is 0 Å². The summed E-state index contributed by atoms with van der Waals surface area (Å²) < 4.78 is 0. The van der Waals surface area contributed by atoms with Gasteiger partial charge in [-0.1, -0.05) is 0 Å². The number of hydrogen-bond acceptors (Lipinski definition) is 1. The Morgan fingerprint density at radius 3 is 1.80 bits per heavy atom. The van der Waals surface area contributed by atoms with Crippen LogP contribution < -0.4 is 0 Å². The van der Waals surface area contributed by atoms with Crippen molar-refractivity contribution in [1.29, 1.82) is 0 Å². The zero-order valence-electron chi connectivity index (χ0n) is 5.95. The van der Waals surface area contributed by atoms with Gasteiger partial charge in [0, 0.05) is 0 Å². The van der Waals surface area contributed by atoms with Crippen LogP contribution in [0.4, 0.5) is 0 Å². The van der Waals surface area contributed by atoms with Gasteiger partial charge in [0.15, 0.2) is 0 Å². The van der Waals surface area contributed by atoms with Crippen molar-refractivity contribution in [3.05, 3.63) is 0 Å².